The van der Waals surface area contributed by atoms with Crippen LogP contribution < -0.4 is 35.8 Å². The van der Waals surface area contributed by atoms with E-state index in [4.69, 9.17) is 4.65 Å². The van der Waals surface area contributed by atoms with Crippen LogP contribution in [-0.4, -0.2) is 16.5 Å². The monoisotopic (exact) mass is 833 g/mol. The van der Waals surface area contributed by atoms with Crippen molar-refractivity contribution in [2.45, 2.75) is 0 Å². The predicted octanol–water partition coefficient (Wildman–Crippen LogP) is 10.8. The summed E-state index contributed by atoms with van der Waals surface area (Å²) in [4.78, 5) is 0. The van der Waals surface area contributed by atoms with Gasteiger partial charge in [-0.2, -0.15) is 0 Å². The van der Waals surface area contributed by atoms with Crippen LogP contribution in [0.4, 0.5) is 0 Å². The molecule has 0 aromatic heterocycles. The van der Waals surface area contributed by atoms with Crippen LogP contribution in [0.3, 0.4) is 0 Å². The Morgan fingerprint density at radius 1 is 0.175 bits per heavy atom. The average Bonchev–Trinajstić information content (AvgIpc) is 3.36. The lowest BCUT2D eigenvalue weighted by molar-refractivity contribution is 1.43. The minimum Gasteiger partial charge on any atom is -0.338 e. The third-order valence-electron chi connectivity index (χ3n) is 13.5. The van der Waals surface area contributed by atoms with E-state index in [1.165, 1.54) is 95.8 Å². The lowest BCUT2D eigenvalue weighted by Crippen LogP contribution is -2.90. The molecule has 0 spiro atoms. The molecular formula is C60H43NSi2. The quantitative estimate of drug-likeness (QED) is 0.119. The van der Waals surface area contributed by atoms with E-state index in [0.29, 0.717) is 0 Å². The van der Waals surface area contributed by atoms with Gasteiger partial charge >= 0.3 is 0 Å². The van der Waals surface area contributed by atoms with Gasteiger partial charge in [-0.15, -0.1) is 0 Å². The maximum Gasteiger partial charge on any atom is 0.218 e. The number of hydrogen-bond donors (Lipinski definition) is 1. The molecule has 296 valence electrons. The number of hydrogen-bond acceptors (Lipinski definition) is 1. The molecule has 12 aromatic rings. The average molecular weight is 834 g/mol. The molecule has 3 heteroatoms. The molecule has 0 aliphatic rings. The molecule has 12 aromatic carbocycles. The van der Waals surface area contributed by atoms with Gasteiger partial charge in [0.25, 0.3) is 0 Å². The first-order chi connectivity index (χ1) is 31.2. The summed E-state index contributed by atoms with van der Waals surface area (Å²) in [6.45, 7) is 0. The molecule has 0 saturated heterocycles. The summed E-state index contributed by atoms with van der Waals surface area (Å²) in [7, 11) is -7.10. The first-order valence-electron chi connectivity index (χ1n) is 21.9. The zero-order chi connectivity index (χ0) is 41.8. The van der Waals surface area contributed by atoms with Crippen LogP contribution in [0.15, 0.2) is 255 Å². The molecule has 0 saturated carbocycles. The molecule has 0 heterocycles. The second-order valence-electron chi connectivity index (χ2n) is 16.8. The summed E-state index contributed by atoms with van der Waals surface area (Å²) in [6, 6.07) is 96.6. The summed E-state index contributed by atoms with van der Waals surface area (Å²) in [6.07, 6.45) is 0. The van der Waals surface area contributed by atoms with Crippen LogP contribution in [-0.2, 0) is 0 Å². The summed E-state index contributed by atoms with van der Waals surface area (Å²) in [5.74, 6) is 0. The van der Waals surface area contributed by atoms with E-state index in [0.717, 1.165) is 0 Å². The SMILES string of the molecule is c1ccc2c([Si](N[Si](c3cccc4ccccc34)(c3cccc4ccccc34)c3cccc4ccccc34)(c3cccc4ccccc34)c3cccc4ccccc34)cccc2c1. The van der Waals surface area contributed by atoms with Crippen molar-refractivity contribution in [2.75, 3.05) is 0 Å². The van der Waals surface area contributed by atoms with E-state index in [1.807, 2.05) is 0 Å². The summed E-state index contributed by atoms with van der Waals surface area (Å²) in [5.41, 5.74) is 0. The minimum absolute atomic E-state index is 1.24. The van der Waals surface area contributed by atoms with Gasteiger partial charge in [0, 0.05) is 0 Å². The van der Waals surface area contributed by atoms with Gasteiger partial charge in [-0.05, 0) is 95.8 Å². The van der Waals surface area contributed by atoms with Crippen LogP contribution in [0.5, 0.6) is 0 Å². The molecular weight excluding hydrogens is 791 g/mol. The normalized spacial score (nSPS) is 12.2. The van der Waals surface area contributed by atoms with Crippen molar-refractivity contribution in [3.63, 3.8) is 0 Å². The maximum absolute atomic E-state index is 5.21. The van der Waals surface area contributed by atoms with Crippen LogP contribution in [0.2, 0.25) is 0 Å². The van der Waals surface area contributed by atoms with Gasteiger partial charge in [0.2, 0.25) is 16.5 Å². The first kappa shape index (κ1) is 37.4. The highest BCUT2D eigenvalue weighted by atomic mass is 28.4. The Morgan fingerprint density at radius 2 is 0.333 bits per heavy atom. The van der Waals surface area contributed by atoms with Crippen LogP contribution in [0.1, 0.15) is 0 Å². The van der Waals surface area contributed by atoms with Gasteiger partial charge in [0.15, 0.2) is 0 Å². The van der Waals surface area contributed by atoms with Crippen molar-refractivity contribution >= 4 is 112 Å². The van der Waals surface area contributed by atoms with Gasteiger partial charge < -0.3 is 4.65 Å². The molecule has 0 bridgehead atoms. The van der Waals surface area contributed by atoms with E-state index >= 15 is 0 Å². The summed E-state index contributed by atoms with van der Waals surface area (Å²) < 4.78 is 5.21. The molecule has 0 aliphatic carbocycles. The largest absolute Gasteiger partial charge is 0.338 e. The van der Waals surface area contributed by atoms with E-state index < -0.39 is 16.5 Å². The lowest BCUT2D eigenvalue weighted by Gasteiger charge is -2.46. The van der Waals surface area contributed by atoms with Crippen LogP contribution in [0.25, 0.3) is 64.6 Å². The van der Waals surface area contributed by atoms with E-state index in [9.17, 15) is 0 Å². The fourth-order valence-electron chi connectivity index (χ4n) is 10.9. The molecule has 0 fully saturated rings. The van der Waals surface area contributed by atoms with Crippen molar-refractivity contribution in [3.05, 3.63) is 255 Å². The first-order valence-corrected chi connectivity index (χ1v) is 25.9. The van der Waals surface area contributed by atoms with Crippen molar-refractivity contribution in [1.82, 2.24) is 4.65 Å². The minimum atomic E-state index is -3.55. The standard InChI is InChI=1S/C60H43NSi2/c1-7-31-49-43(19-1)25-13-37-55(49)62(56-38-14-26-44-20-2-8-32-50(44)56,57-39-15-27-45-21-3-9-33-51(45)57)61-63(58-40-16-28-46-22-4-10-34-52(46)58,59-41-17-29-47-23-5-11-35-53(47)59)60-42-18-30-48-24-6-12-36-54(48)60/h1-42,61H. The van der Waals surface area contributed by atoms with Crippen LogP contribution in [0, 0.1) is 0 Å². The second-order valence-corrected chi connectivity index (χ2v) is 24.0. The van der Waals surface area contributed by atoms with Crippen molar-refractivity contribution in [2.24, 2.45) is 0 Å². The predicted molar refractivity (Wildman–Crippen MR) is 276 cm³/mol. The van der Waals surface area contributed by atoms with E-state index in [2.05, 4.69) is 255 Å². The molecule has 63 heavy (non-hydrogen) atoms. The van der Waals surface area contributed by atoms with Crippen molar-refractivity contribution in [1.29, 1.82) is 0 Å². The van der Waals surface area contributed by atoms with Crippen molar-refractivity contribution < 1.29 is 0 Å². The number of nitrogens with one attached hydrogen (secondary N) is 1. The number of fused-ring (bicyclic) bond motifs is 6. The molecule has 12 rings (SSSR count). The van der Waals surface area contributed by atoms with Gasteiger partial charge in [-0.3, -0.25) is 0 Å². The second kappa shape index (κ2) is 15.2. The highest BCUT2D eigenvalue weighted by Gasteiger charge is 2.54. The third-order valence-corrected chi connectivity index (χ3v) is 24.0. The molecule has 0 atom stereocenters. The van der Waals surface area contributed by atoms with Gasteiger partial charge in [-0.25, -0.2) is 0 Å². The zero-order valence-corrected chi connectivity index (χ0v) is 36.7. The number of rotatable bonds is 8. The summed E-state index contributed by atoms with van der Waals surface area (Å²) in [5, 5.41) is 23.2. The van der Waals surface area contributed by atoms with Gasteiger partial charge in [0.05, 0.1) is 0 Å². The maximum atomic E-state index is 5.21. The molecule has 1 nitrogen and oxygen atoms in total. The molecule has 1 N–H and O–H groups in total. The Bertz CT molecular complexity index is 3050. The van der Waals surface area contributed by atoms with Crippen LogP contribution >= 0.6 is 0 Å². The van der Waals surface area contributed by atoms with Gasteiger partial charge in [-0.1, -0.05) is 255 Å². The Balaban J connectivity index is 1.39. The van der Waals surface area contributed by atoms with E-state index in [-0.39, 0.29) is 0 Å². The Morgan fingerprint density at radius 3 is 0.524 bits per heavy atom. The fourth-order valence-corrected chi connectivity index (χ4v) is 24.0. The smallest absolute Gasteiger partial charge is 0.218 e. The fraction of sp³-hybridized carbons (Fsp3) is 0. The third kappa shape index (κ3) is 5.86. The molecule has 0 radical (unpaired) electrons. The topological polar surface area (TPSA) is 12.0 Å². The van der Waals surface area contributed by atoms with E-state index in [1.54, 1.807) is 0 Å². The summed E-state index contributed by atoms with van der Waals surface area (Å²) >= 11 is 0. The van der Waals surface area contributed by atoms with Crippen molar-refractivity contribution in [3.8, 4) is 0 Å². The van der Waals surface area contributed by atoms with Gasteiger partial charge in [0.1, 0.15) is 0 Å². The Kier molecular flexibility index (Phi) is 9.01. The molecule has 0 unspecified atom stereocenters. The highest BCUT2D eigenvalue weighted by Crippen LogP contribution is 2.28. The zero-order valence-electron chi connectivity index (χ0n) is 34.7. The highest BCUT2D eigenvalue weighted by molar-refractivity contribution is 7.25. The Hall–Kier alpha value is -7.41. The molecule has 0 aliphatic heterocycles. The Labute approximate surface area is 369 Å². The number of benzene rings is 12. The molecule has 0 amide bonds. The lowest BCUT2D eigenvalue weighted by atomic mass is 10.1.